The van der Waals surface area contributed by atoms with Crippen molar-refractivity contribution in [1.82, 2.24) is 4.90 Å². The zero-order valence-corrected chi connectivity index (χ0v) is 14.4. The Hall–Kier alpha value is -0.0500. The van der Waals surface area contributed by atoms with Crippen molar-refractivity contribution < 1.29 is 4.79 Å². The molecule has 2 aliphatic carbocycles. The fraction of sp³-hybridized carbons (Fsp3) is 0.938. The third-order valence-electron chi connectivity index (χ3n) is 5.89. The summed E-state index contributed by atoms with van der Waals surface area (Å²) in [6.45, 7) is 9.82. The number of nitrogens with zero attached hydrogens (tertiary/aromatic N) is 1. The van der Waals surface area contributed by atoms with Gasteiger partial charge in [0.25, 0.3) is 0 Å². The van der Waals surface area contributed by atoms with E-state index >= 15 is 0 Å². The van der Waals surface area contributed by atoms with E-state index in [1.54, 1.807) is 0 Å². The number of carbonyl (C=O) groups excluding carboxylic acids is 1. The van der Waals surface area contributed by atoms with Crippen LogP contribution in [0.4, 0.5) is 0 Å². The molecule has 0 atom stereocenters. The molecule has 0 spiro atoms. The molecule has 0 aromatic rings. The zero-order valence-electron chi connectivity index (χ0n) is 12.8. The van der Waals surface area contributed by atoms with Crippen LogP contribution in [0.5, 0.6) is 0 Å². The molecule has 0 N–H and O–H groups in total. The van der Waals surface area contributed by atoms with Gasteiger partial charge in [-0.25, -0.2) is 0 Å². The Bertz CT molecular complexity index is 331. The third-order valence-corrected chi connectivity index (χ3v) is 6.25. The molecule has 0 aliphatic heterocycles. The van der Waals surface area contributed by atoms with Crippen LogP contribution in [-0.2, 0) is 4.79 Å². The first-order valence-electron chi connectivity index (χ1n) is 7.70. The Labute approximate surface area is 126 Å². The van der Waals surface area contributed by atoms with Crippen LogP contribution in [0.2, 0.25) is 0 Å². The molecule has 2 nitrogen and oxygen atoms in total. The maximum absolute atomic E-state index is 12.9. The first-order valence-corrected chi connectivity index (χ1v) is 8.82. The first-order chi connectivity index (χ1) is 8.84. The maximum Gasteiger partial charge on any atom is 0.227 e. The first kappa shape index (κ1) is 15.3. The highest BCUT2D eigenvalue weighted by Gasteiger charge is 2.69. The predicted octanol–water partition coefficient (Wildman–Crippen LogP) is 4.22. The summed E-state index contributed by atoms with van der Waals surface area (Å²) in [4.78, 5) is 15.1. The summed E-state index contributed by atoms with van der Waals surface area (Å²) in [5.74, 6) is 0.613. The molecular weight excluding hydrogens is 302 g/mol. The normalized spacial score (nSPS) is 26.2. The minimum Gasteiger partial charge on any atom is -0.339 e. The molecule has 19 heavy (non-hydrogen) atoms. The van der Waals surface area contributed by atoms with Crippen molar-refractivity contribution in [3.05, 3.63) is 0 Å². The lowest BCUT2D eigenvalue weighted by Crippen LogP contribution is -2.44. The van der Waals surface area contributed by atoms with Crippen LogP contribution in [0, 0.1) is 16.7 Å². The van der Waals surface area contributed by atoms with Gasteiger partial charge in [-0.3, -0.25) is 4.79 Å². The van der Waals surface area contributed by atoms with E-state index in [4.69, 9.17) is 0 Å². The highest BCUT2D eigenvalue weighted by molar-refractivity contribution is 9.09. The maximum atomic E-state index is 12.9. The SMILES string of the molecule is CC1(C)C(C(=O)N(CCBr)C2CCCCC2)C1(C)C. The fourth-order valence-corrected chi connectivity index (χ4v) is 4.32. The van der Waals surface area contributed by atoms with Crippen LogP contribution in [0.3, 0.4) is 0 Å². The quantitative estimate of drug-likeness (QED) is 0.707. The molecule has 0 heterocycles. The van der Waals surface area contributed by atoms with E-state index in [-0.39, 0.29) is 16.7 Å². The van der Waals surface area contributed by atoms with E-state index in [1.165, 1.54) is 32.1 Å². The molecule has 2 saturated carbocycles. The molecule has 3 heteroatoms. The molecule has 0 aromatic heterocycles. The van der Waals surface area contributed by atoms with Crippen LogP contribution in [0.15, 0.2) is 0 Å². The number of carbonyl (C=O) groups is 1. The molecule has 0 saturated heterocycles. The monoisotopic (exact) mass is 329 g/mol. The van der Waals surface area contributed by atoms with E-state index in [9.17, 15) is 4.79 Å². The average Bonchev–Trinajstić information content (AvgIpc) is 2.77. The van der Waals surface area contributed by atoms with Gasteiger partial charge >= 0.3 is 0 Å². The number of rotatable bonds is 4. The standard InChI is InChI=1S/C16H28BrNO/c1-15(2)13(16(15,3)4)14(19)18(11-10-17)12-8-6-5-7-9-12/h12-13H,5-11H2,1-4H3. The van der Waals surface area contributed by atoms with Crippen molar-refractivity contribution in [3.63, 3.8) is 0 Å². The summed E-state index contributed by atoms with van der Waals surface area (Å²) < 4.78 is 0. The number of alkyl halides is 1. The van der Waals surface area contributed by atoms with Crippen LogP contribution >= 0.6 is 15.9 Å². The molecular formula is C16H28BrNO. The smallest absolute Gasteiger partial charge is 0.227 e. The lowest BCUT2D eigenvalue weighted by molar-refractivity contribution is -0.136. The Morgan fingerprint density at radius 1 is 1.11 bits per heavy atom. The minimum atomic E-state index is 0.156. The van der Waals surface area contributed by atoms with Crippen molar-refractivity contribution in [2.75, 3.05) is 11.9 Å². The van der Waals surface area contributed by atoms with Crippen LogP contribution < -0.4 is 0 Å². The fourth-order valence-electron chi connectivity index (χ4n) is 3.94. The number of hydrogen-bond donors (Lipinski definition) is 0. The van der Waals surface area contributed by atoms with E-state index in [1.807, 2.05) is 0 Å². The van der Waals surface area contributed by atoms with E-state index < -0.39 is 0 Å². The second-order valence-electron chi connectivity index (χ2n) is 7.39. The Kier molecular flexibility index (Phi) is 4.35. The lowest BCUT2D eigenvalue weighted by Gasteiger charge is -2.34. The summed E-state index contributed by atoms with van der Waals surface area (Å²) in [6, 6.07) is 0.492. The Balaban J connectivity index is 2.09. The average molecular weight is 330 g/mol. The van der Waals surface area contributed by atoms with E-state index in [0.29, 0.717) is 11.9 Å². The summed E-state index contributed by atoms with van der Waals surface area (Å²) in [7, 11) is 0. The summed E-state index contributed by atoms with van der Waals surface area (Å²) in [5, 5.41) is 0.892. The van der Waals surface area contributed by atoms with Crippen molar-refractivity contribution in [1.29, 1.82) is 0 Å². The van der Waals surface area contributed by atoms with Crippen LogP contribution in [0.25, 0.3) is 0 Å². The summed E-state index contributed by atoms with van der Waals surface area (Å²) in [6.07, 6.45) is 6.31. The van der Waals surface area contributed by atoms with Gasteiger partial charge in [-0.15, -0.1) is 0 Å². The zero-order chi connectivity index (χ0) is 14.3. The van der Waals surface area contributed by atoms with Gasteiger partial charge < -0.3 is 4.90 Å². The predicted molar refractivity (Wildman–Crippen MR) is 83.4 cm³/mol. The Morgan fingerprint density at radius 3 is 2.05 bits per heavy atom. The second kappa shape index (κ2) is 5.38. The van der Waals surface area contributed by atoms with Crippen molar-refractivity contribution in [2.45, 2.75) is 65.8 Å². The Morgan fingerprint density at radius 2 is 1.63 bits per heavy atom. The molecule has 0 unspecified atom stereocenters. The molecule has 0 aromatic carbocycles. The third kappa shape index (κ3) is 2.59. The van der Waals surface area contributed by atoms with Crippen molar-refractivity contribution >= 4 is 21.8 Å². The molecule has 0 bridgehead atoms. The molecule has 2 fully saturated rings. The van der Waals surface area contributed by atoms with Crippen LogP contribution in [-0.4, -0.2) is 28.7 Å². The van der Waals surface area contributed by atoms with Gasteiger partial charge in [0.05, 0.1) is 0 Å². The number of amides is 1. The van der Waals surface area contributed by atoms with Gasteiger partial charge in [-0.1, -0.05) is 62.9 Å². The largest absolute Gasteiger partial charge is 0.339 e. The molecule has 2 rings (SSSR count). The van der Waals surface area contributed by atoms with Gasteiger partial charge in [-0.05, 0) is 23.7 Å². The van der Waals surface area contributed by atoms with Crippen molar-refractivity contribution in [2.24, 2.45) is 16.7 Å². The molecule has 0 radical (unpaired) electrons. The number of hydrogen-bond acceptors (Lipinski definition) is 1. The summed E-state index contributed by atoms with van der Waals surface area (Å²) in [5.41, 5.74) is 0.312. The highest BCUT2D eigenvalue weighted by Crippen LogP contribution is 2.68. The summed E-state index contributed by atoms with van der Waals surface area (Å²) >= 11 is 3.52. The molecule has 110 valence electrons. The van der Waals surface area contributed by atoms with Gasteiger partial charge in [0.1, 0.15) is 0 Å². The van der Waals surface area contributed by atoms with Gasteiger partial charge in [0, 0.05) is 23.8 Å². The second-order valence-corrected chi connectivity index (χ2v) is 8.18. The number of halogens is 1. The molecule has 1 amide bonds. The van der Waals surface area contributed by atoms with E-state index in [0.717, 1.165) is 11.9 Å². The topological polar surface area (TPSA) is 20.3 Å². The van der Waals surface area contributed by atoms with Gasteiger partial charge in [0.15, 0.2) is 0 Å². The lowest BCUT2D eigenvalue weighted by atomic mass is 9.93. The van der Waals surface area contributed by atoms with Gasteiger partial charge in [0.2, 0.25) is 5.91 Å². The molecule has 2 aliphatic rings. The van der Waals surface area contributed by atoms with Crippen molar-refractivity contribution in [3.8, 4) is 0 Å². The van der Waals surface area contributed by atoms with Crippen LogP contribution in [0.1, 0.15) is 59.8 Å². The minimum absolute atomic E-state index is 0.156. The van der Waals surface area contributed by atoms with E-state index in [2.05, 4.69) is 48.5 Å². The van der Waals surface area contributed by atoms with Gasteiger partial charge in [-0.2, -0.15) is 0 Å². The highest BCUT2D eigenvalue weighted by atomic mass is 79.9.